The largest absolute Gasteiger partial charge is 0.477 e. The maximum atomic E-state index is 12.3. The van der Waals surface area contributed by atoms with E-state index in [1.807, 2.05) is 6.07 Å². The van der Waals surface area contributed by atoms with Gasteiger partial charge in [0.15, 0.2) is 0 Å². The molecular formula is C20H13N3O4. The number of rotatable bonds is 5. The van der Waals surface area contributed by atoms with Gasteiger partial charge in [-0.05, 0) is 60.7 Å². The molecule has 2 N–H and O–H groups in total. The minimum absolute atomic E-state index is 0.154. The van der Waals surface area contributed by atoms with Gasteiger partial charge in [0.1, 0.15) is 17.2 Å². The molecule has 3 aromatic rings. The number of aromatic nitrogens is 1. The van der Waals surface area contributed by atoms with Crippen molar-refractivity contribution in [1.82, 2.24) is 4.98 Å². The van der Waals surface area contributed by atoms with Crippen LogP contribution >= 0.6 is 0 Å². The summed E-state index contributed by atoms with van der Waals surface area (Å²) in [6.07, 6.45) is 1.31. The normalized spacial score (nSPS) is 9.89. The number of pyridine rings is 1. The summed E-state index contributed by atoms with van der Waals surface area (Å²) >= 11 is 0. The van der Waals surface area contributed by atoms with E-state index in [-0.39, 0.29) is 11.6 Å². The van der Waals surface area contributed by atoms with E-state index in [0.717, 1.165) is 0 Å². The molecule has 0 unspecified atom stereocenters. The Balaban J connectivity index is 1.67. The topological polar surface area (TPSA) is 112 Å². The molecule has 132 valence electrons. The molecule has 1 aromatic heterocycles. The monoisotopic (exact) mass is 359 g/mol. The summed E-state index contributed by atoms with van der Waals surface area (Å²) in [6, 6.07) is 17.9. The highest BCUT2D eigenvalue weighted by molar-refractivity contribution is 6.04. The molecule has 1 heterocycles. The number of hydrogen-bond donors (Lipinski definition) is 2. The lowest BCUT2D eigenvalue weighted by molar-refractivity contribution is 0.0690. The fraction of sp³-hybridized carbons (Fsp3) is 0. The van der Waals surface area contributed by atoms with Gasteiger partial charge >= 0.3 is 5.97 Å². The highest BCUT2D eigenvalue weighted by Gasteiger charge is 2.10. The first-order valence-corrected chi connectivity index (χ1v) is 7.84. The minimum atomic E-state index is -1.17. The lowest BCUT2D eigenvalue weighted by Gasteiger charge is -2.08. The van der Waals surface area contributed by atoms with Crippen LogP contribution in [0.1, 0.15) is 26.4 Å². The second kappa shape index (κ2) is 7.80. The average Bonchev–Trinajstić information content (AvgIpc) is 2.69. The molecule has 0 aliphatic heterocycles. The summed E-state index contributed by atoms with van der Waals surface area (Å²) in [5.74, 6) is -0.449. The molecule has 7 heteroatoms. The number of nitrogens with zero attached hydrogens (tertiary/aromatic N) is 2. The van der Waals surface area contributed by atoms with Crippen molar-refractivity contribution in [1.29, 1.82) is 5.26 Å². The molecule has 0 radical (unpaired) electrons. The van der Waals surface area contributed by atoms with Crippen LogP contribution in [0.4, 0.5) is 5.69 Å². The fourth-order valence-electron chi connectivity index (χ4n) is 2.24. The van der Waals surface area contributed by atoms with Gasteiger partial charge in [0, 0.05) is 17.4 Å². The summed E-state index contributed by atoms with van der Waals surface area (Å²) in [6.45, 7) is 0. The number of carbonyl (C=O) groups excluding carboxylic acids is 1. The molecule has 0 atom stereocenters. The SMILES string of the molecule is N#Cc1ccc(Oc2ccc(C(=O)Nc3ccnc(C(=O)O)c3)cc2)cc1. The van der Waals surface area contributed by atoms with Crippen molar-refractivity contribution in [2.75, 3.05) is 5.32 Å². The summed E-state index contributed by atoms with van der Waals surface area (Å²) in [4.78, 5) is 26.9. The smallest absolute Gasteiger partial charge is 0.354 e. The second-order valence-corrected chi connectivity index (χ2v) is 5.45. The average molecular weight is 359 g/mol. The van der Waals surface area contributed by atoms with E-state index in [1.165, 1.54) is 18.3 Å². The van der Waals surface area contributed by atoms with Crippen molar-refractivity contribution in [3.05, 3.63) is 83.7 Å². The molecular weight excluding hydrogens is 346 g/mol. The van der Waals surface area contributed by atoms with E-state index >= 15 is 0 Å². The first-order chi connectivity index (χ1) is 13.0. The van der Waals surface area contributed by atoms with Crippen molar-refractivity contribution >= 4 is 17.6 Å². The van der Waals surface area contributed by atoms with Crippen LogP contribution in [-0.2, 0) is 0 Å². The molecule has 0 aliphatic rings. The molecule has 0 saturated heterocycles. The maximum Gasteiger partial charge on any atom is 0.354 e. The predicted octanol–water partition coefficient (Wildman–Crippen LogP) is 3.70. The van der Waals surface area contributed by atoms with Crippen LogP contribution < -0.4 is 10.1 Å². The van der Waals surface area contributed by atoms with Gasteiger partial charge in [-0.15, -0.1) is 0 Å². The van der Waals surface area contributed by atoms with Gasteiger partial charge in [0.25, 0.3) is 5.91 Å². The van der Waals surface area contributed by atoms with Gasteiger partial charge in [-0.25, -0.2) is 9.78 Å². The third-order valence-corrected chi connectivity index (χ3v) is 3.57. The number of nitriles is 1. The lowest BCUT2D eigenvalue weighted by atomic mass is 10.2. The lowest BCUT2D eigenvalue weighted by Crippen LogP contribution is -2.12. The Bertz CT molecular complexity index is 1020. The van der Waals surface area contributed by atoms with E-state index < -0.39 is 5.97 Å². The Hall–Kier alpha value is -4.18. The standard InChI is InChI=1S/C20H13N3O4/c21-12-13-1-5-16(6-2-13)27-17-7-3-14(4-8-17)19(24)23-15-9-10-22-18(11-15)20(25)26/h1-11H,(H,25,26)(H,22,23,24). The van der Waals surface area contributed by atoms with Gasteiger partial charge in [-0.1, -0.05) is 0 Å². The number of carboxylic acid groups (broad SMARTS) is 1. The van der Waals surface area contributed by atoms with Crippen molar-refractivity contribution in [3.63, 3.8) is 0 Å². The van der Waals surface area contributed by atoms with Crippen LogP contribution in [0.15, 0.2) is 66.9 Å². The molecule has 2 aromatic carbocycles. The highest BCUT2D eigenvalue weighted by Crippen LogP contribution is 2.22. The third kappa shape index (κ3) is 4.46. The van der Waals surface area contributed by atoms with Crippen LogP contribution in [0.3, 0.4) is 0 Å². The number of aromatic carboxylic acids is 1. The summed E-state index contributed by atoms with van der Waals surface area (Å²) in [5, 5.41) is 20.3. The summed E-state index contributed by atoms with van der Waals surface area (Å²) in [5.41, 5.74) is 1.11. The van der Waals surface area contributed by atoms with Crippen molar-refractivity contribution in [3.8, 4) is 17.6 Å². The van der Waals surface area contributed by atoms with Gasteiger partial charge in [0.2, 0.25) is 0 Å². The van der Waals surface area contributed by atoms with Crippen LogP contribution in [-0.4, -0.2) is 22.0 Å². The summed E-state index contributed by atoms with van der Waals surface area (Å²) < 4.78 is 5.66. The second-order valence-electron chi connectivity index (χ2n) is 5.45. The molecule has 27 heavy (non-hydrogen) atoms. The Morgan fingerprint density at radius 1 is 1.00 bits per heavy atom. The Labute approximate surface area is 154 Å². The van der Waals surface area contributed by atoms with E-state index in [2.05, 4.69) is 10.3 Å². The number of anilines is 1. The molecule has 0 fully saturated rings. The maximum absolute atomic E-state index is 12.3. The molecule has 1 amide bonds. The Morgan fingerprint density at radius 2 is 1.63 bits per heavy atom. The minimum Gasteiger partial charge on any atom is -0.477 e. The van der Waals surface area contributed by atoms with Gasteiger partial charge in [-0.2, -0.15) is 5.26 Å². The zero-order valence-corrected chi connectivity index (χ0v) is 13.9. The number of hydrogen-bond acceptors (Lipinski definition) is 5. The Kier molecular flexibility index (Phi) is 5.10. The summed E-state index contributed by atoms with van der Waals surface area (Å²) in [7, 11) is 0. The van der Waals surface area contributed by atoms with Gasteiger partial charge in [-0.3, -0.25) is 4.79 Å². The number of carbonyl (C=O) groups is 2. The van der Waals surface area contributed by atoms with Gasteiger partial charge < -0.3 is 15.2 Å². The van der Waals surface area contributed by atoms with E-state index in [1.54, 1.807) is 48.5 Å². The molecule has 3 rings (SSSR count). The predicted molar refractivity (Wildman–Crippen MR) is 96.8 cm³/mol. The molecule has 7 nitrogen and oxygen atoms in total. The number of nitrogens with one attached hydrogen (secondary N) is 1. The number of ether oxygens (including phenoxy) is 1. The zero-order valence-electron chi connectivity index (χ0n) is 13.9. The van der Waals surface area contributed by atoms with Crippen LogP contribution in [0.25, 0.3) is 0 Å². The molecule has 0 aliphatic carbocycles. The number of amides is 1. The van der Waals surface area contributed by atoms with Crippen LogP contribution in [0.5, 0.6) is 11.5 Å². The zero-order chi connectivity index (χ0) is 19.2. The van der Waals surface area contributed by atoms with Crippen LogP contribution in [0, 0.1) is 11.3 Å². The molecule has 0 saturated carbocycles. The number of benzene rings is 2. The van der Waals surface area contributed by atoms with Gasteiger partial charge in [0.05, 0.1) is 11.6 Å². The quantitative estimate of drug-likeness (QED) is 0.718. The third-order valence-electron chi connectivity index (χ3n) is 3.57. The first kappa shape index (κ1) is 17.6. The Morgan fingerprint density at radius 3 is 2.22 bits per heavy atom. The highest BCUT2D eigenvalue weighted by atomic mass is 16.5. The van der Waals surface area contributed by atoms with E-state index in [9.17, 15) is 9.59 Å². The van der Waals surface area contributed by atoms with Crippen LogP contribution in [0.2, 0.25) is 0 Å². The van der Waals surface area contributed by atoms with E-state index in [4.69, 9.17) is 15.1 Å². The molecule has 0 spiro atoms. The van der Waals surface area contributed by atoms with E-state index in [0.29, 0.717) is 28.3 Å². The van der Waals surface area contributed by atoms with Crippen molar-refractivity contribution in [2.24, 2.45) is 0 Å². The van der Waals surface area contributed by atoms with Crippen molar-refractivity contribution < 1.29 is 19.4 Å². The fourth-order valence-corrected chi connectivity index (χ4v) is 2.24. The molecule has 0 bridgehead atoms. The van der Waals surface area contributed by atoms with Crippen molar-refractivity contribution in [2.45, 2.75) is 0 Å². The first-order valence-electron chi connectivity index (χ1n) is 7.84. The number of carboxylic acids is 1.